The fraction of sp³-hybridized carbons (Fsp3) is 0.364. The minimum atomic E-state index is -0.861. The summed E-state index contributed by atoms with van der Waals surface area (Å²) in [5, 5.41) is 14.3. The van der Waals surface area contributed by atoms with Gasteiger partial charge in [-0.25, -0.2) is 9.97 Å². The molecule has 0 saturated heterocycles. The highest BCUT2D eigenvalue weighted by molar-refractivity contribution is 7.13. The van der Waals surface area contributed by atoms with Crippen LogP contribution in [-0.2, 0) is 24.7 Å². The number of aryl methyl sites for hydroxylation is 1. The molecule has 2 heterocycles. The monoisotopic (exact) mass is 266 g/mol. The number of carboxylic acids is 1. The van der Waals surface area contributed by atoms with Gasteiger partial charge in [0.15, 0.2) is 5.13 Å². The normalized spacial score (nSPS) is 10.5. The molecular formula is C11H14N4O2S. The van der Waals surface area contributed by atoms with Gasteiger partial charge in [0.05, 0.1) is 12.1 Å². The highest BCUT2D eigenvalue weighted by atomic mass is 32.1. The summed E-state index contributed by atoms with van der Waals surface area (Å²) in [6.45, 7) is 0.727. The second-order valence-corrected chi connectivity index (χ2v) is 4.70. The average Bonchev–Trinajstić information content (AvgIpc) is 2.89. The lowest BCUT2D eigenvalue weighted by atomic mass is 10.3. The molecule has 2 aromatic rings. The summed E-state index contributed by atoms with van der Waals surface area (Å²) >= 11 is 1.42. The third-order valence-electron chi connectivity index (χ3n) is 2.43. The van der Waals surface area contributed by atoms with E-state index in [4.69, 9.17) is 5.11 Å². The van der Waals surface area contributed by atoms with Crippen LogP contribution in [-0.4, -0.2) is 32.2 Å². The molecule has 0 amide bonds. The van der Waals surface area contributed by atoms with Crippen molar-refractivity contribution in [2.45, 2.75) is 12.8 Å². The van der Waals surface area contributed by atoms with Crippen LogP contribution < -0.4 is 5.32 Å². The van der Waals surface area contributed by atoms with Crippen molar-refractivity contribution in [1.82, 2.24) is 14.5 Å². The quantitative estimate of drug-likeness (QED) is 0.820. The predicted molar refractivity (Wildman–Crippen MR) is 68.9 cm³/mol. The third-order valence-corrected chi connectivity index (χ3v) is 3.28. The van der Waals surface area contributed by atoms with Crippen molar-refractivity contribution in [3.8, 4) is 0 Å². The van der Waals surface area contributed by atoms with E-state index < -0.39 is 5.97 Å². The van der Waals surface area contributed by atoms with Crippen LogP contribution in [0.25, 0.3) is 0 Å². The van der Waals surface area contributed by atoms with E-state index in [0.29, 0.717) is 5.69 Å². The van der Waals surface area contributed by atoms with E-state index in [1.165, 1.54) is 11.3 Å². The lowest BCUT2D eigenvalue weighted by Crippen LogP contribution is -2.08. The Kier molecular flexibility index (Phi) is 3.93. The number of aromatic nitrogens is 3. The molecule has 2 rings (SSSR count). The Labute approximate surface area is 108 Å². The smallest absolute Gasteiger partial charge is 0.309 e. The first kappa shape index (κ1) is 12.6. The first-order valence-corrected chi connectivity index (χ1v) is 6.39. The highest BCUT2D eigenvalue weighted by Gasteiger charge is 2.06. The van der Waals surface area contributed by atoms with Gasteiger partial charge in [-0.15, -0.1) is 11.3 Å². The Morgan fingerprint density at radius 1 is 1.61 bits per heavy atom. The van der Waals surface area contributed by atoms with Crippen molar-refractivity contribution in [1.29, 1.82) is 0 Å². The molecule has 0 atom stereocenters. The Balaban J connectivity index is 1.82. The Bertz CT molecular complexity index is 535. The van der Waals surface area contributed by atoms with E-state index >= 15 is 0 Å². The molecule has 18 heavy (non-hydrogen) atoms. The van der Waals surface area contributed by atoms with Crippen LogP contribution in [0.2, 0.25) is 0 Å². The molecule has 0 spiro atoms. The Hall–Kier alpha value is -1.89. The summed E-state index contributed by atoms with van der Waals surface area (Å²) < 4.78 is 1.97. The molecule has 96 valence electrons. The second-order valence-electron chi connectivity index (χ2n) is 3.85. The third kappa shape index (κ3) is 3.30. The summed E-state index contributed by atoms with van der Waals surface area (Å²) in [6.07, 6.45) is 4.45. The molecule has 2 N–H and O–H groups in total. The molecule has 7 heteroatoms. The van der Waals surface area contributed by atoms with Crippen LogP contribution in [0.15, 0.2) is 17.8 Å². The number of anilines is 1. The molecule has 0 aliphatic rings. The molecule has 0 bridgehead atoms. The minimum Gasteiger partial charge on any atom is -0.481 e. The standard InChI is InChI=1S/C11H14N4O2S/c1-15-5-4-12-9(15)2-3-13-11-14-8(7-18-11)6-10(16)17/h4-5,7H,2-3,6H2,1H3,(H,13,14)(H,16,17). The lowest BCUT2D eigenvalue weighted by molar-refractivity contribution is -0.136. The zero-order valence-corrected chi connectivity index (χ0v) is 10.8. The van der Waals surface area contributed by atoms with E-state index in [0.717, 1.165) is 23.9 Å². The number of aliphatic carboxylic acids is 1. The summed E-state index contributed by atoms with van der Waals surface area (Å²) in [5.41, 5.74) is 0.590. The van der Waals surface area contributed by atoms with E-state index in [-0.39, 0.29) is 6.42 Å². The van der Waals surface area contributed by atoms with Gasteiger partial charge in [-0.05, 0) is 0 Å². The number of rotatable bonds is 6. The molecule has 0 aliphatic heterocycles. The average molecular weight is 266 g/mol. The number of hydrogen-bond donors (Lipinski definition) is 2. The van der Waals surface area contributed by atoms with E-state index in [2.05, 4.69) is 15.3 Å². The summed E-state index contributed by atoms with van der Waals surface area (Å²) in [4.78, 5) is 18.9. The van der Waals surface area contributed by atoms with Crippen molar-refractivity contribution >= 4 is 22.4 Å². The van der Waals surface area contributed by atoms with Crippen LogP contribution in [0.5, 0.6) is 0 Å². The van der Waals surface area contributed by atoms with Crippen LogP contribution in [0.3, 0.4) is 0 Å². The zero-order valence-electron chi connectivity index (χ0n) is 9.96. The number of thiazole rings is 1. The number of nitrogens with zero attached hydrogens (tertiary/aromatic N) is 3. The maximum Gasteiger partial charge on any atom is 0.309 e. The molecule has 0 aromatic carbocycles. The number of nitrogens with one attached hydrogen (secondary N) is 1. The number of carboxylic acid groups (broad SMARTS) is 1. The topological polar surface area (TPSA) is 80.0 Å². The van der Waals surface area contributed by atoms with E-state index in [1.807, 2.05) is 17.8 Å². The van der Waals surface area contributed by atoms with E-state index in [9.17, 15) is 4.79 Å². The Morgan fingerprint density at radius 2 is 2.44 bits per heavy atom. The van der Waals surface area contributed by atoms with Crippen molar-refractivity contribution in [3.63, 3.8) is 0 Å². The van der Waals surface area contributed by atoms with Gasteiger partial charge in [-0.1, -0.05) is 0 Å². The van der Waals surface area contributed by atoms with Gasteiger partial charge in [-0.3, -0.25) is 4.79 Å². The van der Waals surface area contributed by atoms with Crippen LogP contribution in [0, 0.1) is 0 Å². The second kappa shape index (κ2) is 5.63. The van der Waals surface area contributed by atoms with Crippen molar-refractivity contribution < 1.29 is 9.90 Å². The first-order chi connectivity index (χ1) is 8.65. The van der Waals surface area contributed by atoms with Crippen LogP contribution in [0.1, 0.15) is 11.5 Å². The van der Waals surface area contributed by atoms with Gasteiger partial charge in [0.25, 0.3) is 0 Å². The van der Waals surface area contributed by atoms with Crippen molar-refractivity contribution in [3.05, 3.63) is 29.3 Å². The molecule has 0 radical (unpaired) electrons. The van der Waals surface area contributed by atoms with Gasteiger partial charge in [0.1, 0.15) is 5.82 Å². The SMILES string of the molecule is Cn1ccnc1CCNc1nc(CC(=O)O)cs1. The number of hydrogen-bond acceptors (Lipinski definition) is 5. The van der Waals surface area contributed by atoms with Gasteiger partial charge < -0.3 is 15.0 Å². The van der Waals surface area contributed by atoms with Crippen LogP contribution in [0.4, 0.5) is 5.13 Å². The van der Waals surface area contributed by atoms with Crippen LogP contribution >= 0.6 is 11.3 Å². The molecule has 0 unspecified atom stereocenters. The predicted octanol–water partition coefficient (Wildman–Crippen LogP) is 1.16. The minimum absolute atomic E-state index is 0.0302. The zero-order chi connectivity index (χ0) is 13.0. The number of imidazole rings is 1. The fourth-order valence-electron chi connectivity index (χ4n) is 1.54. The first-order valence-electron chi connectivity index (χ1n) is 5.51. The summed E-state index contributed by atoms with van der Waals surface area (Å²) in [6, 6.07) is 0. The molecular weight excluding hydrogens is 252 g/mol. The highest BCUT2D eigenvalue weighted by Crippen LogP contribution is 2.15. The molecule has 0 saturated carbocycles. The summed E-state index contributed by atoms with van der Waals surface area (Å²) in [7, 11) is 1.96. The van der Waals surface area contributed by atoms with E-state index in [1.54, 1.807) is 11.6 Å². The fourth-order valence-corrected chi connectivity index (χ4v) is 2.28. The lowest BCUT2D eigenvalue weighted by Gasteiger charge is -2.02. The molecule has 0 fully saturated rings. The molecule has 0 aliphatic carbocycles. The van der Waals surface area contributed by atoms with Gasteiger partial charge in [-0.2, -0.15) is 0 Å². The molecule has 6 nitrogen and oxygen atoms in total. The maximum absolute atomic E-state index is 10.5. The Morgan fingerprint density at radius 3 is 3.11 bits per heavy atom. The van der Waals surface area contributed by atoms with Gasteiger partial charge in [0, 0.05) is 37.8 Å². The number of carbonyl (C=O) groups is 1. The molecule has 2 aromatic heterocycles. The largest absolute Gasteiger partial charge is 0.481 e. The van der Waals surface area contributed by atoms with Gasteiger partial charge >= 0.3 is 5.97 Å². The summed E-state index contributed by atoms with van der Waals surface area (Å²) in [5.74, 6) is 0.143. The van der Waals surface area contributed by atoms with Crippen molar-refractivity contribution in [2.75, 3.05) is 11.9 Å². The van der Waals surface area contributed by atoms with Gasteiger partial charge in [0.2, 0.25) is 0 Å². The van der Waals surface area contributed by atoms with Crippen molar-refractivity contribution in [2.24, 2.45) is 7.05 Å². The maximum atomic E-state index is 10.5.